The molecule has 1 saturated heterocycles. The van der Waals surface area contributed by atoms with Crippen molar-refractivity contribution < 1.29 is 9.59 Å². The second-order valence-electron chi connectivity index (χ2n) is 8.53. The van der Waals surface area contributed by atoms with E-state index in [0.717, 1.165) is 16.8 Å². The molecule has 0 bridgehead atoms. The molecule has 2 aliphatic rings. The second kappa shape index (κ2) is 6.92. The number of Topliss-reactive ketones (excluding diaryl/α,β-unsaturated/α-hetero) is 1. The van der Waals surface area contributed by atoms with E-state index >= 15 is 0 Å². The zero-order chi connectivity index (χ0) is 20.9. The Labute approximate surface area is 175 Å². The third-order valence-corrected chi connectivity index (χ3v) is 6.60. The number of nitrogens with zero attached hydrogens (tertiary/aromatic N) is 3. The molecule has 30 heavy (non-hydrogen) atoms. The number of amides is 1. The molecule has 1 fully saturated rings. The summed E-state index contributed by atoms with van der Waals surface area (Å²) in [5, 5.41) is 7.36. The van der Waals surface area contributed by atoms with E-state index in [0.29, 0.717) is 30.8 Å². The summed E-state index contributed by atoms with van der Waals surface area (Å²) in [6.45, 7) is 3.92. The Balaban J connectivity index is 1.46. The number of rotatable bonds is 3. The fourth-order valence-electron chi connectivity index (χ4n) is 5.01. The van der Waals surface area contributed by atoms with Gasteiger partial charge in [-0.05, 0) is 18.6 Å². The molecular weight excluding hydrogens is 376 g/mol. The van der Waals surface area contributed by atoms with Gasteiger partial charge in [-0.2, -0.15) is 5.10 Å². The Kier molecular flexibility index (Phi) is 4.33. The molecule has 2 atom stereocenters. The van der Waals surface area contributed by atoms with Crippen molar-refractivity contribution in [2.24, 2.45) is 5.41 Å². The number of benzene rings is 2. The van der Waals surface area contributed by atoms with Crippen LogP contribution in [0.4, 0.5) is 0 Å². The maximum absolute atomic E-state index is 13.5. The van der Waals surface area contributed by atoms with Gasteiger partial charge in [0.05, 0.1) is 28.9 Å². The van der Waals surface area contributed by atoms with Crippen LogP contribution in [0, 0.1) is 5.41 Å². The maximum Gasteiger partial charge on any atom is 0.254 e. The first-order valence-corrected chi connectivity index (χ1v) is 10.2. The number of ketones is 1. The Morgan fingerprint density at radius 2 is 1.77 bits per heavy atom. The number of hydrogen-bond acceptors (Lipinski definition) is 4. The quantitative estimate of drug-likeness (QED) is 0.733. The fraction of sp³-hybridized carbons (Fsp3) is 0.292. The lowest BCUT2D eigenvalue weighted by Crippen LogP contribution is -2.47. The lowest BCUT2D eigenvalue weighted by Gasteiger charge is -2.32. The van der Waals surface area contributed by atoms with Crippen LogP contribution in [-0.2, 0) is 6.54 Å². The van der Waals surface area contributed by atoms with Gasteiger partial charge < -0.3 is 4.90 Å². The molecule has 1 N–H and O–H groups in total. The molecule has 1 aromatic heterocycles. The summed E-state index contributed by atoms with van der Waals surface area (Å²) in [6.07, 6.45) is 1.85. The summed E-state index contributed by atoms with van der Waals surface area (Å²) in [7, 11) is 1.82. The maximum atomic E-state index is 13.5. The number of aromatic amines is 1. The van der Waals surface area contributed by atoms with Crippen molar-refractivity contribution >= 4 is 11.7 Å². The highest BCUT2D eigenvalue weighted by molar-refractivity contribution is 6.12. The lowest BCUT2D eigenvalue weighted by molar-refractivity contribution is 0.0606. The minimum absolute atomic E-state index is 0.0544. The number of nitrogens with one attached hydrogen (secondary N) is 1. The van der Waals surface area contributed by atoms with Gasteiger partial charge in [-0.15, -0.1) is 0 Å². The Bertz CT molecular complexity index is 1120. The Hall–Kier alpha value is -3.25. The molecule has 3 heterocycles. The summed E-state index contributed by atoms with van der Waals surface area (Å²) >= 11 is 0. The van der Waals surface area contributed by atoms with Crippen LogP contribution < -0.4 is 0 Å². The van der Waals surface area contributed by atoms with Gasteiger partial charge in [-0.1, -0.05) is 48.5 Å². The van der Waals surface area contributed by atoms with Gasteiger partial charge in [0.25, 0.3) is 5.91 Å². The molecule has 0 radical (unpaired) electrons. The minimum Gasteiger partial charge on any atom is -0.336 e. The normalized spacial score (nSPS) is 23.9. The van der Waals surface area contributed by atoms with Crippen LogP contribution in [0.3, 0.4) is 0 Å². The Morgan fingerprint density at radius 3 is 2.53 bits per heavy atom. The number of likely N-dealkylation sites (tertiary alicyclic amines) is 1. The van der Waals surface area contributed by atoms with Crippen LogP contribution in [-0.4, -0.2) is 57.9 Å². The van der Waals surface area contributed by atoms with Crippen molar-refractivity contribution in [2.45, 2.75) is 19.5 Å². The molecule has 152 valence electrons. The molecule has 2 aliphatic heterocycles. The predicted molar refractivity (Wildman–Crippen MR) is 114 cm³/mol. The molecule has 1 amide bonds. The molecule has 6 heteroatoms. The number of hydrogen-bond donors (Lipinski definition) is 1. The third-order valence-electron chi connectivity index (χ3n) is 6.60. The van der Waals surface area contributed by atoms with Gasteiger partial charge in [0.15, 0.2) is 5.78 Å². The second-order valence-corrected chi connectivity index (χ2v) is 8.53. The van der Waals surface area contributed by atoms with Crippen LogP contribution in [0.5, 0.6) is 0 Å². The van der Waals surface area contributed by atoms with Crippen molar-refractivity contribution in [3.8, 4) is 11.3 Å². The van der Waals surface area contributed by atoms with Gasteiger partial charge >= 0.3 is 0 Å². The highest BCUT2D eigenvalue weighted by atomic mass is 16.2. The van der Waals surface area contributed by atoms with Crippen LogP contribution >= 0.6 is 0 Å². The van der Waals surface area contributed by atoms with Crippen molar-refractivity contribution in [3.63, 3.8) is 0 Å². The first-order valence-electron chi connectivity index (χ1n) is 10.2. The van der Waals surface area contributed by atoms with E-state index in [1.807, 2.05) is 50.5 Å². The predicted octanol–water partition coefficient (Wildman–Crippen LogP) is 3.24. The molecule has 0 spiro atoms. The highest BCUT2D eigenvalue weighted by Crippen LogP contribution is 2.41. The van der Waals surface area contributed by atoms with Gasteiger partial charge in [0, 0.05) is 37.8 Å². The molecule has 3 aromatic rings. The van der Waals surface area contributed by atoms with Gasteiger partial charge in [0.1, 0.15) is 0 Å². The topological polar surface area (TPSA) is 69.3 Å². The molecule has 0 saturated carbocycles. The number of aromatic nitrogens is 2. The minimum atomic E-state index is -0.645. The van der Waals surface area contributed by atoms with Crippen molar-refractivity contribution in [3.05, 3.63) is 77.5 Å². The molecular formula is C24H24N4O2. The fourth-order valence-corrected chi connectivity index (χ4v) is 5.01. The molecule has 6 nitrogen and oxygen atoms in total. The molecule has 2 aromatic carbocycles. The van der Waals surface area contributed by atoms with Crippen LogP contribution in [0.25, 0.3) is 11.3 Å². The molecule has 0 aliphatic carbocycles. The van der Waals surface area contributed by atoms with Crippen LogP contribution in [0.15, 0.2) is 60.8 Å². The van der Waals surface area contributed by atoms with Crippen molar-refractivity contribution in [2.75, 3.05) is 20.1 Å². The van der Waals surface area contributed by atoms with Crippen LogP contribution in [0.2, 0.25) is 0 Å². The first kappa shape index (κ1) is 18.8. The number of fused-ring (bicyclic) bond motifs is 2. The Morgan fingerprint density at radius 1 is 1.07 bits per heavy atom. The standard InChI is InChI=1S/C24H24N4O2/c1-24-15-28(13-17-12-25-26-21(17)16-8-4-3-5-9-16)14-20(24)27(2)23(30)19-11-7-6-10-18(19)22(24)29/h3-12,20H,13-15H2,1-2H3,(H,25,26)/t20-,24+/m1/s1. The summed E-state index contributed by atoms with van der Waals surface area (Å²) in [5.41, 5.74) is 3.56. The summed E-state index contributed by atoms with van der Waals surface area (Å²) in [5.74, 6) is -0.0263. The highest BCUT2D eigenvalue weighted by Gasteiger charge is 2.53. The number of likely N-dealkylation sites (N-methyl/N-ethyl adjacent to an activating group) is 1. The number of carbonyl (C=O) groups excluding carboxylic acids is 2. The van der Waals surface area contributed by atoms with E-state index in [1.165, 1.54) is 0 Å². The van der Waals surface area contributed by atoms with E-state index in [9.17, 15) is 9.59 Å². The van der Waals surface area contributed by atoms with E-state index in [2.05, 4.69) is 27.2 Å². The monoisotopic (exact) mass is 400 g/mol. The summed E-state index contributed by atoms with van der Waals surface area (Å²) in [6, 6.07) is 17.1. The average molecular weight is 400 g/mol. The SMILES string of the molecule is CN1C(=O)c2ccccc2C(=O)[C@@]2(C)CN(Cc3cn[nH]c3-c3ccccc3)C[C@@H]12. The summed E-state index contributed by atoms with van der Waals surface area (Å²) in [4.78, 5) is 30.6. The van der Waals surface area contributed by atoms with Crippen molar-refractivity contribution in [1.82, 2.24) is 20.0 Å². The first-order chi connectivity index (χ1) is 14.5. The largest absolute Gasteiger partial charge is 0.336 e. The van der Waals surface area contributed by atoms with E-state index in [-0.39, 0.29) is 17.7 Å². The third kappa shape index (κ3) is 2.79. The van der Waals surface area contributed by atoms with E-state index in [1.54, 1.807) is 17.0 Å². The van der Waals surface area contributed by atoms with E-state index < -0.39 is 5.41 Å². The lowest BCUT2D eigenvalue weighted by atomic mass is 9.78. The number of H-pyrrole nitrogens is 1. The van der Waals surface area contributed by atoms with Gasteiger partial charge in [0.2, 0.25) is 0 Å². The van der Waals surface area contributed by atoms with Gasteiger partial charge in [-0.25, -0.2) is 0 Å². The number of carbonyl (C=O) groups is 2. The molecule has 5 rings (SSSR count). The van der Waals surface area contributed by atoms with Crippen molar-refractivity contribution in [1.29, 1.82) is 0 Å². The average Bonchev–Trinajstić information content (AvgIpc) is 3.36. The van der Waals surface area contributed by atoms with Gasteiger partial charge in [-0.3, -0.25) is 19.6 Å². The zero-order valence-electron chi connectivity index (χ0n) is 17.1. The summed E-state index contributed by atoms with van der Waals surface area (Å²) < 4.78 is 0. The van der Waals surface area contributed by atoms with Crippen LogP contribution in [0.1, 0.15) is 33.2 Å². The van der Waals surface area contributed by atoms with E-state index in [4.69, 9.17) is 0 Å². The zero-order valence-corrected chi connectivity index (χ0v) is 17.1. The molecule has 0 unspecified atom stereocenters. The smallest absolute Gasteiger partial charge is 0.254 e.